The van der Waals surface area contributed by atoms with Crippen LogP contribution in [0, 0.1) is 0 Å². The lowest BCUT2D eigenvalue weighted by Gasteiger charge is -2.30. The van der Waals surface area contributed by atoms with Crippen molar-refractivity contribution in [3.8, 4) is 0 Å². The van der Waals surface area contributed by atoms with Gasteiger partial charge in [0.2, 0.25) is 0 Å². The number of carbonyl (C=O) groups is 1. The number of unbranched alkanes of at least 4 members (excludes halogenated alkanes) is 19. The molecular weight excluding hydrogens is 406 g/mol. The quantitative estimate of drug-likeness (QED) is 0.0783. The molecule has 0 aliphatic rings. The Kier molecular flexibility index (Phi) is 22.4. The summed E-state index contributed by atoms with van der Waals surface area (Å²) in [6.45, 7) is 8.14. The number of quaternary nitrogens is 1. The second kappa shape index (κ2) is 22.9. The molecule has 0 aromatic rings. The van der Waals surface area contributed by atoms with Gasteiger partial charge in [-0.1, -0.05) is 129 Å². The zero-order valence-corrected chi connectivity index (χ0v) is 23.0. The first-order chi connectivity index (χ1) is 15.9. The van der Waals surface area contributed by atoms with Crippen molar-refractivity contribution in [3.05, 3.63) is 12.2 Å². The third kappa shape index (κ3) is 24.1. The number of carboxylic acid groups (broad SMARTS) is 1. The van der Waals surface area contributed by atoms with Crippen LogP contribution in [0.2, 0.25) is 0 Å². The topological polar surface area (TPSA) is 37.3 Å². The standard InChI is InChI=1S/C30H59NO2/c1-5-6-7-8-9-10-11-12-13-14-15-16-17-18-19-20-21-22-23-24-27-31(3,4)28-25-26-29(2)30(32)33/h2,5-28H2,1,3-4H3/p+1. The summed E-state index contributed by atoms with van der Waals surface area (Å²) in [4.78, 5) is 10.8. The van der Waals surface area contributed by atoms with Crippen LogP contribution in [0.4, 0.5) is 0 Å². The molecule has 3 heteroatoms. The summed E-state index contributed by atoms with van der Waals surface area (Å²) in [5, 5.41) is 8.89. The van der Waals surface area contributed by atoms with Crippen molar-refractivity contribution in [2.24, 2.45) is 0 Å². The maximum Gasteiger partial charge on any atom is 0.330 e. The van der Waals surface area contributed by atoms with E-state index in [1.165, 1.54) is 135 Å². The molecule has 0 aromatic carbocycles. The molecule has 0 aliphatic carbocycles. The number of hydrogen-bond acceptors (Lipinski definition) is 1. The molecule has 0 spiro atoms. The predicted octanol–water partition coefficient (Wildman–Crippen LogP) is 9.31. The summed E-state index contributed by atoms with van der Waals surface area (Å²) >= 11 is 0. The number of carboxylic acids is 1. The summed E-state index contributed by atoms with van der Waals surface area (Å²) in [5.41, 5.74) is 0.341. The van der Waals surface area contributed by atoms with Gasteiger partial charge in [0.15, 0.2) is 0 Å². The molecule has 1 N–H and O–H groups in total. The van der Waals surface area contributed by atoms with Crippen molar-refractivity contribution in [1.82, 2.24) is 0 Å². The molecule has 0 heterocycles. The fourth-order valence-corrected chi connectivity index (χ4v) is 4.73. The Hall–Kier alpha value is -0.830. The van der Waals surface area contributed by atoms with Gasteiger partial charge in [0.1, 0.15) is 0 Å². The van der Waals surface area contributed by atoms with Crippen molar-refractivity contribution >= 4 is 5.97 Å². The first kappa shape index (κ1) is 32.2. The van der Waals surface area contributed by atoms with Gasteiger partial charge in [-0.05, 0) is 19.3 Å². The second-order valence-corrected chi connectivity index (χ2v) is 11.1. The highest BCUT2D eigenvalue weighted by Gasteiger charge is 2.15. The molecule has 0 radical (unpaired) electrons. The normalized spacial score (nSPS) is 11.7. The van der Waals surface area contributed by atoms with E-state index in [-0.39, 0.29) is 0 Å². The van der Waals surface area contributed by atoms with Gasteiger partial charge in [-0.3, -0.25) is 0 Å². The minimum absolute atomic E-state index is 0.341. The number of nitrogens with zero attached hydrogens (tertiary/aromatic N) is 1. The Morgan fingerprint density at radius 2 is 0.879 bits per heavy atom. The van der Waals surface area contributed by atoms with Crippen LogP contribution in [0.1, 0.15) is 148 Å². The van der Waals surface area contributed by atoms with Gasteiger partial charge in [0.25, 0.3) is 0 Å². The van der Waals surface area contributed by atoms with Gasteiger partial charge in [-0.2, -0.15) is 0 Å². The van der Waals surface area contributed by atoms with Crippen molar-refractivity contribution in [3.63, 3.8) is 0 Å². The Balaban J connectivity index is 3.27. The zero-order valence-electron chi connectivity index (χ0n) is 23.0. The predicted molar refractivity (Wildman–Crippen MR) is 146 cm³/mol. The molecule has 0 saturated carbocycles. The highest BCUT2D eigenvalue weighted by Crippen LogP contribution is 2.15. The maximum atomic E-state index is 10.8. The average molecular weight is 467 g/mol. The van der Waals surface area contributed by atoms with Crippen molar-refractivity contribution < 1.29 is 14.4 Å². The van der Waals surface area contributed by atoms with Crippen molar-refractivity contribution in [2.75, 3.05) is 27.2 Å². The first-order valence-corrected chi connectivity index (χ1v) is 14.6. The lowest BCUT2D eigenvalue weighted by Crippen LogP contribution is -2.41. The van der Waals surface area contributed by atoms with E-state index in [1.807, 2.05) is 0 Å². The van der Waals surface area contributed by atoms with E-state index in [1.54, 1.807) is 0 Å². The van der Waals surface area contributed by atoms with Crippen LogP contribution >= 0.6 is 0 Å². The van der Waals surface area contributed by atoms with E-state index < -0.39 is 5.97 Å². The number of hydrogen-bond donors (Lipinski definition) is 1. The van der Waals surface area contributed by atoms with E-state index in [9.17, 15) is 4.79 Å². The monoisotopic (exact) mass is 466 g/mol. The van der Waals surface area contributed by atoms with Crippen LogP contribution in [0.15, 0.2) is 12.2 Å². The lowest BCUT2D eigenvalue weighted by atomic mass is 10.0. The van der Waals surface area contributed by atoms with Gasteiger partial charge >= 0.3 is 5.97 Å². The van der Waals surface area contributed by atoms with Crippen molar-refractivity contribution in [1.29, 1.82) is 0 Å². The van der Waals surface area contributed by atoms with Crippen LogP contribution in [0.25, 0.3) is 0 Å². The summed E-state index contributed by atoms with van der Waals surface area (Å²) in [6, 6.07) is 0. The third-order valence-corrected chi connectivity index (χ3v) is 7.16. The molecule has 0 aromatic heterocycles. The highest BCUT2D eigenvalue weighted by atomic mass is 16.4. The highest BCUT2D eigenvalue weighted by molar-refractivity contribution is 5.85. The fourth-order valence-electron chi connectivity index (χ4n) is 4.73. The lowest BCUT2D eigenvalue weighted by molar-refractivity contribution is -0.890. The molecule has 0 fully saturated rings. The molecular formula is C30H60NO2+. The molecule has 0 rings (SSSR count). The summed E-state index contributed by atoms with van der Waals surface area (Å²) < 4.78 is 0.992. The molecule has 33 heavy (non-hydrogen) atoms. The minimum atomic E-state index is -0.852. The van der Waals surface area contributed by atoms with Crippen LogP contribution in [-0.2, 0) is 4.79 Å². The summed E-state index contributed by atoms with van der Waals surface area (Å²) in [6.07, 6.45) is 30.0. The van der Waals surface area contributed by atoms with E-state index >= 15 is 0 Å². The molecule has 0 unspecified atom stereocenters. The van der Waals surface area contributed by atoms with Gasteiger partial charge in [0.05, 0.1) is 27.2 Å². The van der Waals surface area contributed by atoms with Crippen LogP contribution < -0.4 is 0 Å². The SMILES string of the molecule is C=C(CCC[N+](C)(C)CCCCCCCCCCCCCCCCCCCCCC)C(=O)O. The van der Waals surface area contributed by atoms with Crippen LogP contribution in [0.5, 0.6) is 0 Å². The van der Waals surface area contributed by atoms with Gasteiger partial charge in [0, 0.05) is 12.0 Å². The molecule has 0 aliphatic heterocycles. The number of aliphatic carboxylic acids is 1. The molecule has 0 saturated heterocycles. The second-order valence-electron chi connectivity index (χ2n) is 11.1. The minimum Gasteiger partial charge on any atom is -0.478 e. The van der Waals surface area contributed by atoms with Crippen LogP contribution in [-0.4, -0.2) is 42.7 Å². The summed E-state index contributed by atoms with van der Waals surface area (Å²) in [7, 11) is 4.53. The Morgan fingerprint density at radius 3 is 1.21 bits per heavy atom. The molecule has 196 valence electrons. The van der Waals surface area contributed by atoms with Crippen molar-refractivity contribution in [2.45, 2.75) is 148 Å². The Bertz CT molecular complexity index is 458. The Labute approximate surface area is 208 Å². The average Bonchev–Trinajstić information content (AvgIpc) is 2.77. The molecule has 0 atom stereocenters. The van der Waals surface area contributed by atoms with Gasteiger partial charge in [-0.15, -0.1) is 0 Å². The summed E-state index contributed by atoms with van der Waals surface area (Å²) in [5.74, 6) is -0.852. The molecule has 0 amide bonds. The van der Waals surface area contributed by atoms with E-state index in [0.717, 1.165) is 17.4 Å². The smallest absolute Gasteiger partial charge is 0.330 e. The zero-order chi connectivity index (χ0) is 24.6. The fraction of sp³-hybridized carbons (Fsp3) is 0.900. The number of rotatable bonds is 26. The van der Waals surface area contributed by atoms with E-state index in [4.69, 9.17) is 5.11 Å². The van der Waals surface area contributed by atoms with Gasteiger partial charge in [-0.25, -0.2) is 4.79 Å². The Morgan fingerprint density at radius 1 is 0.576 bits per heavy atom. The van der Waals surface area contributed by atoms with Gasteiger partial charge < -0.3 is 9.59 Å². The maximum absolute atomic E-state index is 10.8. The van der Waals surface area contributed by atoms with Crippen LogP contribution in [0.3, 0.4) is 0 Å². The first-order valence-electron chi connectivity index (χ1n) is 14.6. The largest absolute Gasteiger partial charge is 0.478 e. The molecule has 3 nitrogen and oxygen atoms in total. The molecule has 0 bridgehead atoms. The third-order valence-electron chi connectivity index (χ3n) is 7.16. The van der Waals surface area contributed by atoms with E-state index in [0.29, 0.717) is 12.0 Å². The van der Waals surface area contributed by atoms with E-state index in [2.05, 4.69) is 27.6 Å².